The number of methoxy groups -OCH3 is 2. The van der Waals surface area contributed by atoms with E-state index in [9.17, 15) is 4.79 Å². The predicted molar refractivity (Wildman–Crippen MR) is 137 cm³/mol. The average Bonchev–Trinajstić information content (AvgIpc) is 3.32. The number of nitrogens with one attached hydrogen (secondary N) is 2. The molecule has 2 aromatic heterocycles. The number of anilines is 2. The minimum atomic E-state index is -0.663. The van der Waals surface area contributed by atoms with Gasteiger partial charge in [0.15, 0.2) is 5.82 Å². The maximum Gasteiger partial charge on any atom is 0.257 e. The van der Waals surface area contributed by atoms with Gasteiger partial charge in [-0.1, -0.05) is 17.7 Å². The van der Waals surface area contributed by atoms with Crippen molar-refractivity contribution in [2.45, 2.75) is 13.0 Å². The summed E-state index contributed by atoms with van der Waals surface area (Å²) >= 11 is 6.06. The summed E-state index contributed by atoms with van der Waals surface area (Å²) in [7, 11) is 3.17. The van der Waals surface area contributed by atoms with Crippen molar-refractivity contribution in [3.8, 4) is 22.9 Å². The molecular weight excluding hydrogens is 480 g/mol. The quantitative estimate of drug-likeness (QED) is 0.385. The van der Waals surface area contributed by atoms with Crippen molar-refractivity contribution in [3.63, 3.8) is 0 Å². The van der Waals surface area contributed by atoms with Crippen molar-refractivity contribution >= 4 is 29.3 Å². The molecule has 1 amide bonds. The van der Waals surface area contributed by atoms with Gasteiger partial charge in [-0.3, -0.25) is 4.79 Å². The number of pyridine rings is 1. The van der Waals surface area contributed by atoms with E-state index in [0.717, 1.165) is 5.56 Å². The van der Waals surface area contributed by atoms with E-state index in [1.54, 1.807) is 67.6 Å². The summed E-state index contributed by atoms with van der Waals surface area (Å²) in [5.74, 6) is 2.27. The lowest BCUT2D eigenvalue weighted by Crippen LogP contribution is -2.32. The normalized spacial score (nSPS) is 14.6. The second kappa shape index (κ2) is 9.71. The number of allylic oxidation sites excluding steroid dienone is 1. The minimum Gasteiger partial charge on any atom is -0.497 e. The summed E-state index contributed by atoms with van der Waals surface area (Å²) in [6, 6.07) is 17.3. The van der Waals surface area contributed by atoms with E-state index in [-0.39, 0.29) is 5.91 Å². The van der Waals surface area contributed by atoms with Gasteiger partial charge < -0.3 is 20.1 Å². The summed E-state index contributed by atoms with van der Waals surface area (Å²) in [5, 5.41) is 11.5. The van der Waals surface area contributed by atoms with E-state index >= 15 is 0 Å². The fraction of sp³-hybridized carbons (Fsp3) is 0.154. The Hall–Kier alpha value is -4.37. The van der Waals surface area contributed by atoms with E-state index in [1.165, 1.54) is 0 Å². The Morgan fingerprint density at radius 3 is 2.58 bits per heavy atom. The van der Waals surface area contributed by atoms with E-state index < -0.39 is 6.04 Å². The van der Waals surface area contributed by atoms with Crippen LogP contribution in [-0.2, 0) is 4.79 Å². The van der Waals surface area contributed by atoms with Crippen molar-refractivity contribution in [3.05, 3.63) is 88.7 Å². The van der Waals surface area contributed by atoms with Gasteiger partial charge in [-0.15, -0.1) is 5.10 Å². The first-order valence-corrected chi connectivity index (χ1v) is 11.5. The third kappa shape index (κ3) is 4.36. The van der Waals surface area contributed by atoms with E-state index in [1.807, 2.05) is 25.1 Å². The summed E-state index contributed by atoms with van der Waals surface area (Å²) in [4.78, 5) is 22.6. The molecule has 0 bridgehead atoms. The van der Waals surface area contributed by atoms with Gasteiger partial charge >= 0.3 is 0 Å². The molecule has 3 heterocycles. The highest BCUT2D eigenvalue weighted by Gasteiger charge is 2.36. The van der Waals surface area contributed by atoms with Crippen LogP contribution in [0.5, 0.6) is 11.5 Å². The molecule has 0 spiro atoms. The van der Waals surface area contributed by atoms with Crippen molar-refractivity contribution in [2.24, 2.45) is 0 Å². The molecule has 0 saturated carbocycles. The third-order valence-electron chi connectivity index (χ3n) is 5.84. The SMILES string of the molecule is COc1ccc(OC)c(C2C(C(=O)Nc3ccccn3)=C(C)Nc3nc(-c4ccc(Cl)cc4)nn32)c1. The highest BCUT2D eigenvalue weighted by molar-refractivity contribution is 6.30. The highest BCUT2D eigenvalue weighted by atomic mass is 35.5. The molecule has 0 aliphatic carbocycles. The van der Waals surface area contributed by atoms with Gasteiger partial charge in [-0.25, -0.2) is 9.67 Å². The fourth-order valence-electron chi connectivity index (χ4n) is 4.13. The molecule has 0 radical (unpaired) electrons. The lowest BCUT2D eigenvalue weighted by atomic mass is 9.94. The number of halogens is 1. The van der Waals surface area contributed by atoms with Gasteiger partial charge in [0.05, 0.1) is 19.8 Å². The van der Waals surface area contributed by atoms with Crippen LogP contribution in [0.4, 0.5) is 11.8 Å². The van der Waals surface area contributed by atoms with Gasteiger partial charge in [-0.2, -0.15) is 4.98 Å². The molecule has 1 aliphatic rings. The second-order valence-electron chi connectivity index (χ2n) is 8.05. The van der Waals surface area contributed by atoms with Gasteiger partial charge in [0.2, 0.25) is 5.95 Å². The number of carbonyl (C=O) groups is 1. The molecular formula is C26H23ClN6O3. The topological polar surface area (TPSA) is 103 Å². The molecule has 0 fully saturated rings. The number of ether oxygens (including phenoxy) is 2. The number of fused-ring (bicyclic) bond motifs is 1. The molecule has 1 unspecified atom stereocenters. The first-order valence-electron chi connectivity index (χ1n) is 11.1. The summed E-state index contributed by atoms with van der Waals surface area (Å²) in [6.45, 7) is 1.83. The van der Waals surface area contributed by atoms with Gasteiger partial charge in [0, 0.05) is 28.0 Å². The molecule has 10 heteroatoms. The van der Waals surface area contributed by atoms with Gasteiger partial charge in [0.1, 0.15) is 23.4 Å². The van der Waals surface area contributed by atoms with Crippen molar-refractivity contribution in [1.29, 1.82) is 0 Å². The van der Waals surface area contributed by atoms with Crippen molar-refractivity contribution < 1.29 is 14.3 Å². The number of amides is 1. The van der Waals surface area contributed by atoms with Gasteiger partial charge in [0.25, 0.3) is 5.91 Å². The minimum absolute atomic E-state index is 0.331. The molecule has 2 N–H and O–H groups in total. The number of hydrogen-bond acceptors (Lipinski definition) is 7. The van der Waals surface area contributed by atoms with Crippen LogP contribution in [0.3, 0.4) is 0 Å². The van der Waals surface area contributed by atoms with Gasteiger partial charge in [-0.05, 0) is 61.5 Å². The van der Waals surface area contributed by atoms with E-state index in [4.69, 9.17) is 31.2 Å². The maximum atomic E-state index is 13.6. The lowest BCUT2D eigenvalue weighted by molar-refractivity contribution is -0.113. The summed E-state index contributed by atoms with van der Waals surface area (Å²) < 4.78 is 12.8. The number of carbonyl (C=O) groups excluding carboxylic acids is 1. The molecule has 1 atom stereocenters. The zero-order valence-electron chi connectivity index (χ0n) is 19.8. The van der Waals surface area contributed by atoms with E-state index in [2.05, 4.69) is 15.6 Å². The third-order valence-corrected chi connectivity index (χ3v) is 6.09. The molecule has 0 saturated heterocycles. The van der Waals surface area contributed by atoms with Crippen molar-refractivity contribution in [1.82, 2.24) is 19.7 Å². The first kappa shape index (κ1) is 23.4. The molecule has 182 valence electrons. The Morgan fingerprint density at radius 2 is 1.89 bits per heavy atom. The molecule has 4 aromatic rings. The number of aromatic nitrogens is 4. The monoisotopic (exact) mass is 502 g/mol. The standard InChI is InChI=1S/C26H23ClN6O3/c1-15-22(25(34)30-21-6-4-5-13-28-21)23(19-14-18(35-2)11-12-20(19)36-3)33-26(29-15)31-24(32-33)16-7-9-17(27)10-8-16/h4-14,23H,1-3H3,(H,28,30,34)(H,29,31,32). The van der Waals surface area contributed by atoms with Crippen LogP contribution in [0.1, 0.15) is 18.5 Å². The summed E-state index contributed by atoms with van der Waals surface area (Å²) in [6.07, 6.45) is 1.62. The Labute approximate surface area is 212 Å². The zero-order valence-corrected chi connectivity index (χ0v) is 20.6. The number of hydrogen-bond donors (Lipinski definition) is 2. The predicted octanol–water partition coefficient (Wildman–Crippen LogP) is 4.94. The van der Waals surface area contributed by atoms with Crippen LogP contribution in [-0.4, -0.2) is 39.9 Å². The lowest BCUT2D eigenvalue weighted by Gasteiger charge is -2.29. The zero-order chi connectivity index (χ0) is 25.2. The highest BCUT2D eigenvalue weighted by Crippen LogP contribution is 2.41. The first-order chi connectivity index (χ1) is 17.5. The Bertz CT molecular complexity index is 1450. The molecule has 1 aliphatic heterocycles. The smallest absolute Gasteiger partial charge is 0.257 e. The van der Waals surface area contributed by atoms with Crippen LogP contribution in [0.2, 0.25) is 5.02 Å². The van der Waals surface area contributed by atoms with Crippen LogP contribution in [0.15, 0.2) is 78.1 Å². The Balaban J connectivity index is 1.66. The Kier molecular flexibility index (Phi) is 6.30. The fourth-order valence-corrected chi connectivity index (χ4v) is 4.25. The van der Waals surface area contributed by atoms with Crippen LogP contribution >= 0.6 is 11.6 Å². The Morgan fingerprint density at radius 1 is 1.08 bits per heavy atom. The molecule has 5 rings (SSSR count). The maximum absolute atomic E-state index is 13.6. The largest absolute Gasteiger partial charge is 0.497 e. The van der Waals surface area contributed by atoms with Crippen molar-refractivity contribution in [2.75, 3.05) is 24.9 Å². The molecule has 9 nitrogen and oxygen atoms in total. The van der Waals surface area contributed by atoms with Crippen LogP contribution in [0, 0.1) is 0 Å². The molecule has 36 heavy (non-hydrogen) atoms. The number of nitrogens with zero attached hydrogens (tertiary/aromatic N) is 4. The number of benzene rings is 2. The average molecular weight is 503 g/mol. The number of rotatable bonds is 6. The summed E-state index contributed by atoms with van der Waals surface area (Å²) in [5.41, 5.74) is 2.54. The van der Waals surface area contributed by atoms with E-state index in [0.29, 0.717) is 50.9 Å². The van der Waals surface area contributed by atoms with Crippen LogP contribution < -0.4 is 20.1 Å². The second-order valence-corrected chi connectivity index (χ2v) is 8.49. The van der Waals surface area contributed by atoms with Crippen LogP contribution in [0.25, 0.3) is 11.4 Å². The molecule has 2 aromatic carbocycles.